The maximum absolute atomic E-state index is 9.09. The van der Waals surface area contributed by atoms with Gasteiger partial charge in [0, 0.05) is 17.1 Å². The first-order chi connectivity index (χ1) is 9.52. The number of aliphatic hydroxyl groups is 1. The van der Waals surface area contributed by atoms with Crippen molar-refractivity contribution < 1.29 is 5.11 Å². The van der Waals surface area contributed by atoms with Crippen molar-refractivity contribution in [2.45, 2.75) is 33.9 Å². The Kier molecular flexibility index (Phi) is 4.68. The zero-order valence-electron chi connectivity index (χ0n) is 12.1. The summed E-state index contributed by atoms with van der Waals surface area (Å²) >= 11 is 6.03. The van der Waals surface area contributed by atoms with E-state index in [2.05, 4.69) is 16.5 Å². The fourth-order valence-corrected chi connectivity index (χ4v) is 2.27. The van der Waals surface area contributed by atoms with E-state index in [0.29, 0.717) is 13.1 Å². The summed E-state index contributed by atoms with van der Waals surface area (Å²) in [7, 11) is 0. The zero-order valence-corrected chi connectivity index (χ0v) is 12.8. The molecule has 0 aliphatic rings. The Labute approximate surface area is 124 Å². The second kappa shape index (κ2) is 6.29. The molecule has 108 valence electrons. The topological polar surface area (TPSA) is 50.1 Å². The smallest absolute Gasteiger partial charge is 0.127 e. The van der Waals surface area contributed by atoms with Gasteiger partial charge in [0.25, 0.3) is 0 Å². The molecule has 1 heterocycles. The minimum Gasteiger partial charge on any atom is -0.394 e. The Morgan fingerprint density at radius 1 is 1.30 bits per heavy atom. The lowest BCUT2D eigenvalue weighted by atomic mass is 10.1. The summed E-state index contributed by atoms with van der Waals surface area (Å²) in [6.45, 7) is 7.28. The molecule has 1 aromatic carbocycles. The molecule has 0 unspecified atom stereocenters. The van der Waals surface area contributed by atoms with Crippen LogP contribution in [0, 0.1) is 20.8 Å². The normalized spacial score (nSPS) is 10.8. The number of anilines is 1. The minimum atomic E-state index is 0.0787. The van der Waals surface area contributed by atoms with Gasteiger partial charge in [0.1, 0.15) is 5.82 Å². The molecule has 0 atom stereocenters. The first-order valence-electron chi connectivity index (χ1n) is 6.66. The number of aryl methyl sites for hydroxylation is 2. The maximum atomic E-state index is 9.09. The quantitative estimate of drug-likeness (QED) is 0.891. The Balaban J connectivity index is 2.15. The van der Waals surface area contributed by atoms with Gasteiger partial charge in [0.2, 0.25) is 0 Å². The summed E-state index contributed by atoms with van der Waals surface area (Å²) in [6, 6.07) is 6.00. The van der Waals surface area contributed by atoms with Crippen LogP contribution in [0.2, 0.25) is 5.02 Å². The molecule has 2 rings (SSSR count). The molecule has 0 bridgehead atoms. The minimum absolute atomic E-state index is 0.0787. The second-order valence-corrected chi connectivity index (χ2v) is 5.35. The number of rotatable bonds is 5. The van der Waals surface area contributed by atoms with Crippen LogP contribution in [-0.4, -0.2) is 21.5 Å². The summed E-state index contributed by atoms with van der Waals surface area (Å²) in [4.78, 5) is 0. The van der Waals surface area contributed by atoms with E-state index in [9.17, 15) is 0 Å². The Hall–Kier alpha value is -1.52. The molecule has 2 aromatic rings. The molecule has 0 spiro atoms. The number of aliphatic hydroxyl groups excluding tert-OH is 1. The highest BCUT2D eigenvalue weighted by molar-refractivity contribution is 6.31. The van der Waals surface area contributed by atoms with Crippen LogP contribution < -0.4 is 5.32 Å². The average Bonchev–Trinajstić information content (AvgIpc) is 2.67. The van der Waals surface area contributed by atoms with E-state index in [1.54, 1.807) is 0 Å². The van der Waals surface area contributed by atoms with Gasteiger partial charge in [-0.15, -0.1) is 0 Å². The zero-order chi connectivity index (χ0) is 14.7. The van der Waals surface area contributed by atoms with Crippen LogP contribution in [-0.2, 0) is 13.1 Å². The van der Waals surface area contributed by atoms with Crippen LogP contribution in [0.4, 0.5) is 5.82 Å². The number of aromatic nitrogens is 2. The third-order valence-corrected chi connectivity index (χ3v) is 3.84. The second-order valence-electron chi connectivity index (χ2n) is 4.94. The highest BCUT2D eigenvalue weighted by Crippen LogP contribution is 2.21. The van der Waals surface area contributed by atoms with Crippen molar-refractivity contribution in [2.75, 3.05) is 11.9 Å². The van der Waals surface area contributed by atoms with Gasteiger partial charge in [0.15, 0.2) is 0 Å². The molecule has 20 heavy (non-hydrogen) atoms. The first kappa shape index (κ1) is 14.9. The van der Waals surface area contributed by atoms with Crippen LogP contribution >= 0.6 is 11.6 Å². The van der Waals surface area contributed by atoms with E-state index in [1.165, 1.54) is 5.56 Å². The molecule has 0 aliphatic carbocycles. The predicted molar refractivity (Wildman–Crippen MR) is 82.3 cm³/mol. The SMILES string of the molecule is Cc1cc(CNc2c(C)c(C)nn2CCO)ccc1Cl. The third-order valence-electron chi connectivity index (χ3n) is 3.42. The van der Waals surface area contributed by atoms with Gasteiger partial charge in [-0.1, -0.05) is 23.7 Å². The van der Waals surface area contributed by atoms with Crippen LogP contribution in [0.3, 0.4) is 0 Å². The number of nitrogens with one attached hydrogen (secondary N) is 1. The fourth-order valence-electron chi connectivity index (χ4n) is 2.15. The van der Waals surface area contributed by atoms with Crippen LogP contribution in [0.15, 0.2) is 18.2 Å². The lowest BCUT2D eigenvalue weighted by Gasteiger charge is -2.11. The van der Waals surface area contributed by atoms with Gasteiger partial charge in [-0.05, 0) is 38.0 Å². The highest BCUT2D eigenvalue weighted by atomic mass is 35.5. The average molecular weight is 294 g/mol. The molecule has 0 saturated heterocycles. The number of halogens is 1. The van der Waals surface area contributed by atoms with E-state index >= 15 is 0 Å². The van der Waals surface area contributed by atoms with Crippen LogP contribution in [0.25, 0.3) is 0 Å². The van der Waals surface area contributed by atoms with Crippen LogP contribution in [0.5, 0.6) is 0 Å². The first-order valence-corrected chi connectivity index (χ1v) is 7.04. The fraction of sp³-hybridized carbons (Fsp3) is 0.400. The molecule has 5 heteroatoms. The summed E-state index contributed by atoms with van der Waals surface area (Å²) < 4.78 is 1.81. The van der Waals surface area contributed by atoms with Gasteiger partial charge in [-0.2, -0.15) is 5.10 Å². The van der Waals surface area contributed by atoms with E-state index in [-0.39, 0.29) is 6.61 Å². The van der Waals surface area contributed by atoms with Crippen molar-refractivity contribution >= 4 is 17.4 Å². The van der Waals surface area contributed by atoms with Gasteiger partial charge in [-0.25, -0.2) is 4.68 Å². The maximum Gasteiger partial charge on any atom is 0.127 e. The molecule has 0 fully saturated rings. The van der Waals surface area contributed by atoms with Crippen molar-refractivity contribution in [1.82, 2.24) is 9.78 Å². The number of nitrogens with zero attached hydrogens (tertiary/aromatic N) is 2. The van der Waals surface area contributed by atoms with Gasteiger partial charge in [-0.3, -0.25) is 0 Å². The summed E-state index contributed by atoms with van der Waals surface area (Å²) in [6.07, 6.45) is 0. The van der Waals surface area contributed by atoms with E-state index in [0.717, 1.165) is 27.7 Å². The molecule has 2 N–H and O–H groups in total. The molecule has 0 radical (unpaired) electrons. The van der Waals surface area contributed by atoms with Crippen molar-refractivity contribution in [3.8, 4) is 0 Å². The Morgan fingerprint density at radius 2 is 2.05 bits per heavy atom. The predicted octanol–water partition coefficient (Wildman–Crippen LogP) is 3.07. The lowest BCUT2D eigenvalue weighted by Crippen LogP contribution is -2.11. The van der Waals surface area contributed by atoms with Gasteiger partial charge >= 0.3 is 0 Å². The van der Waals surface area contributed by atoms with E-state index < -0.39 is 0 Å². The highest BCUT2D eigenvalue weighted by Gasteiger charge is 2.10. The third kappa shape index (κ3) is 3.14. The van der Waals surface area contributed by atoms with E-state index in [4.69, 9.17) is 16.7 Å². The van der Waals surface area contributed by atoms with Crippen LogP contribution in [0.1, 0.15) is 22.4 Å². The summed E-state index contributed by atoms with van der Waals surface area (Å²) in [5, 5.41) is 17.7. The number of benzene rings is 1. The monoisotopic (exact) mass is 293 g/mol. The summed E-state index contributed by atoms with van der Waals surface area (Å²) in [5.74, 6) is 0.962. The molecular formula is C15H20ClN3O. The number of hydrogen-bond donors (Lipinski definition) is 2. The molecule has 1 aromatic heterocycles. The Bertz CT molecular complexity index is 607. The van der Waals surface area contributed by atoms with Crippen molar-refractivity contribution in [2.24, 2.45) is 0 Å². The summed E-state index contributed by atoms with van der Waals surface area (Å²) in [5.41, 5.74) is 4.33. The molecular weight excluding hydrogens is 274 g/mol. The lowest BCUT2D eigenvalue weighted by molar-refractivity contribution is 0.270. The Morgan fingerprint density at radius 3 is 2.70 bits per heavy atom. The van der Waals surface area contributed by atoms with E-state index in [1.807, 2.05) is 37.6 Å². The largest absolute Gasteiger partial charge is 0.394 e. The van der Waals surface area contributed by atoms with Crippen molar-refractivity contribution in [3.63, 3.8) is 0 Å². The van der Waals surface area contributed by atoms with Crippen molar-refractivity contribution in [1.29, 1.82) is 0 Å². The molecule has 4 nitrogen and oxygen atoms in total. The number of hydrogen-bond acceptors (Lipinski definition) is 3. The van der Waals surface area contributed by atoms with Gasteiger partial charge < -0.3 is 10.4 Å². The molecule has 0 aliphatic heterocycles. The van der Waals surface area contributed by atoms with Crippen molar-refractivity contribution in [3.05, 3.63) is 45.6 Å². The standard InChI is InChI=1S/C15H20ClN3O/c1-10-8-13(4-5-14(10)16)9-17-15-11(2)12(3)18-19(15)6-7-20/h4-5,8,17,20H,6-7,9H2,1-3H3. The molecule has 0 amide bonds. The van der Waals surface area contributed by atoms with Gasteiger partial charge in [0.05, 0.1) is 18.8 Å². The molecule has 0 saturated carbocycles.